The Hall–Kier alpha value is -1.88. The third kappa shape index (κ3) is 8.42. The molecule has 0 radical (unpaired) electrons. The van der Waals surface area contributed by atoms with Gasteiger partial charge >= 0.3 is 0 Å². The highest BCUT2D eigenvalue weighted by Crippen LogP contribution is 2.17. The van der Waals surface area contributed by atoms with Gasteiger partial charge in [-0.3, -0.25) is 9.79 Å². The number of thiazole rings is 1. The predicted octanol–water partition coefficient (Wildman–Crippen LogP) is 3.12. The van der Waals surface area contributed by atoms with Crippen molar-refractivity contribution in [2.24, 2.45) is 4.99 Å². The van der Waals surface area contributed by atoms with Gasteiger partial charge in [0.2, 0.25) is 5.91 Å². The third-order valence-electron chi connectivity index (χ3n) is 3.75. The van der Waals surface area contributed by atoms with Gasteiger partial charge in [0, 0.05) is 43.6 Å². The number of carbonyl (C=O) groups is 1. The Morgan fingerprint density at radius 1 is 1.25 bits per heavy atom. The molecule has 7 nitrogen and oxygen atoms in total. The van der Waals surface area contributed by atoms with Crippen LogP contribution in [0.5, 0.6) is 5.75 Å². The molecule has 2 rings (SSSR count). The molecule has 0 bridgehead atoms. The van der Waals surface area contributed by atoms with Crippen LogP contribution in [0.15, 0.2) is 29.3 Å². The average molecular weight is 517 g/mol. The van der Waals surface area contributed by atoms with Gasteiger partial charge in [-0.2, -0.15) is 0 Å². The molecule has 0 aliphatic heterocycles. The normalized spacial score (nSPS) is 10.8. The average Bonchev–Trinajstić information content (AvgIpc) is 2.94. The summed E-state index contributed by atoms with van der Waals surface area (Å²) in [6.45, 7) is 7.47. The van der Waals surface area contributed by atoms with Crippen molar-refractivity contribution in [3.05, 3.63) is 39.8 Å². The topological polar surface area (TPSA) is 87.6 Å². The standard InChI is InChI=1S/C19H27N5O2S.HI/c1-13-14(2)27-18(23-13)8-9-21-19(20-4)22-10-11-26-17-7-5-6-16(12-17)24-15(3)25;/h5-7,12H,8-11H2,1-4H3,(H,24,25)(H2,20,21,22);1H. The Balaban J connectivity index is 0.00000392. The number of nitrogens with zero attached hydrogens (tertiary/aromatic N) is 2. The smallest absolute Gasteiger partial charge is 0.221 e. The van der Waals surface area contributed by atoms with Gasteiger partial charge in [-0.05, 0) is 26.0 Å². The SMILES string of the molecule is CN=C(NCCOc1cccc(NC(C)=O)c1)NCCc1nc(C)c(C)s1.I. The van der Waals surface area contributed by atoms with Crippen molar-refractivity contribution in [3.8, 4) is 5.75 Å². The van der Waals surface area contributed by atoms with E-state index < -0.39 is 0 Å². The van der Waals surface area contributed by atoms with Gasteiger partial charge in [-0.15, -0.1) is 35.3 Å². The summed E-state index contributed by atoms with van der Waals surface area (Å²) in [5.74, 6) is 1.34. The van der Waals surface area contributed by atoms with E-state index in [0.717, 1.165) is 35.3 Å². The number of hydrogen-bond donors (Lipinski definition) is 3. The lowest BCUT2D eigenvalue weighted by Gasteiger charge is -2.12. The lowest BCUT2D eigenvalue weighted by atomic mass is 10.3. The molecule has 0 aliphatic carbocycles. The number of amides is 1. The van der Waals surface area contributed by atoms with Crippen molar-refractivity contribution in [1.29, 1.82) is 0 Å². The fourth-order valence-corrected chi connectivity index (χ4v) is 3.29. The first kappa shape index (κ1) is 24.2. The van der Waals surface area contributed by atoms with Gasteiger partial charge in [-0.25, -0.2) is 4.98 Å². The van der Waals surface area contributed by atoms with Gasteiger partial charge in [0.05, 0.1) is 17.2 Å². The number of hydrogen-bond acceptors (Lipinski definition) is 5. The summed E-state index contributed by atoms with van der Waals surface area (Å²) < 4.78 is 5.71. The van der Waals surface area contributed by atoms with E-state index >= 15 is 0 Å². The first-order valence-electron chi connectivity index (χ1n) is 8.86. The van der Waals surface area contributed by atoms with Crippen molar-refractivity contribution in [2.75, 3.05) is 32.1 Å². The highest BCUT2D eigenvalue weighted by molar-refractivity contribution is 14.0. The van der Waals surface area contributed by atoms with Crippen molar-refractivity contribution in [2.45, 2.75) is 27.2 Å². The molecule has 2 aromatic rings. The molecule has 0 spiro atoms. The maximum absolute atomic E-state index is 11.1. The summed E-state index contributed by atoms with van der Waals surface area (Å²) in [6, 6.07) is 7.32. The molecule has 0 saturated carbocycles. The first-order valence-corrected chi connectivity index (χ1v) is 9.67. The van der Waals surface area contributed by atoms with Gasteiger partial charge in [0.25, 0.3) is 0 Å². The lowest BCUT2D eigenvalue weighted by molar-refractivity contribution is -0.114. The number of aromatic nitrogens is 1. The third-order valence-corrected chi connectivity index (χ3v) is 4.88. The number of carbonyl (C=O) groups excluding carboxylic acids is 1. The Morgan fingerprint density at radius 2 is 2.00 bits per heavy atom. The minimum Gasteiger partial charge on any atom is -0.492 e. The Morgan fingerprint density at radius 3 is 2.64 bits per heavy atom. The van der Waals surface area contributed by atoms with Gasteiger partial charge in [0.1, 0.15) is 12.4 Å². The molecule has 9 heteroatoms. The highest BCUT2D eigenvalue weighted by atomic mass is 127. The maximum atomic E-state index is 11.1. The van der Waals surface area contributed by atoms with Crippen LogP contribution in [0.1, 0.15) is 22.5 Å². The van der Waals surface area contributed by atoms with E-state index in [1.54, 1.807) is 24.5 Å². The van der Waals surface area contributed by atoms with Crippen LogP contribution in [0, 0.1) is 13.8 Å². The number of benzene rings is 1. The Bertz CT molecular complexity index is 775. The second-order valence-electron chi connectivity index (χ2n) is 5.98. The molecule has 0 atom stereocenters. The number of anilines is 1. The van der Waals surface area contributed by atoms with E-state index in [1.807, 2.05) is 25.1 Å². The van der Waals surface area contributed by atoms with E-state index in [1.165, 1.54) is 11.8 Å². The second kappa shape index (κ2) is 12.6. The summed E-state index contributed by atoms with van der Waals surface area (Å²) in [7, 11) is 1.74. The van der Waals surface area contributed by atoms with E-state index in [2.05, 4.69) is 32.9 Å². The molecule has 1 amide bonds. The number of aliphatic imine (C=N–C) groups is 1. The highest BCUT2D eigenvalue weighted by Gasteiger charge is 2.04. The molecule has 154 valence electrons. The summed E-state index contributed by atoms with van der Waals surface area (Å²) in [6.07, 6.45) is 0.868. The van der Waals surface area contributed by atoms with Crippen LogP contribution in [0.2, 0.25) is 0 Å². The molecule has 1 heterocycles. The molecular weight excluding hydrogens is 489 g/mol. The molecule has 1 aromatic heterocycles. The molecular formula is C19H28IN5O2S. The van der Waals surface area contributed by atoms with Crippen LogP contribution in [0.3, 0.4) is 0 Å². The Kier molecular flexibility index (Phi) is 10.8. The van der Waals surface area contributed by atoms with Crippen LogP contribution in [0.4, 0.5) is 5.69 Å². The number of nitrogens with one attached hydrogen (secondary N) is 3. The number of aryl methyl sites for hydroxylation is 2. The zero-order valence-electron chi connectivity index (χ0n) is 16.7. The molecule has 0 unspecified atom stereocenters. The van der Waals surface area contributed by atoms with Crippen LogP contribution in [-0.2, 0) is 11.2 Å². The molecule has 1 aromatic carbocycles. The van der Waals surface area contributed by atoms with Crippen LogP contribution in [0.25, 0.3) is 0 Å². The van der Waals surface area contributed by atoms with Crippen LogP contribution < -0.4 is 20.7 Å². The molecule has 0 saturated heterocycles. The monoisotopic (exact) mass is 517 g/mol. The predicted molar refractivity (Wildman–Crippen MR) is 126 cm³/mol. The van der Waals surface area contributed by atoms with Gasteiger partial charge in [0.15, 0.2) is 5.96 Å². The number of rotatable bonds is 8. The van der Waals surface area contributed by atoms with E-state index in [4.69, 9.17) is 4.74 Å². The molecule has 28 heavy (non-hydrogen) atoms. The van der Waals surface area contributed by atoms with Gasteiger partial charge < -0.3 is 20.7 Å². The summed E-state index contributed by atoms with van der Waals surface area (Å²) in [5, 5.41) is 10.4. The lowest BCUT2D eigenvalue weighted by Crippen LogP contribution is -2.40. The first-order chi connectivity index (χ1) is 13.0. The summed E-state index contributed by atoms with van der Waals surface area (Å²) in [4.78, 5) is 21.1. The Labute approximate surface area is 187 Å². The van der Waals surface area contributed by atoms with Crippen molar-refractivity contribution >= 4 is 52.9 Å². The maximum Gasteiger partial charge on any atom is 0.221 e. The summed E-state index contributed by atoms with van der Waals surface area (Å²) in [5.41, 5.74) is 1.83. The summed E-state index contributed by atoms with van der Waals surface area (Å²) >= 11 is 1.74. The molecule has 0 fully saturated rings. The van der Waals surface area contributed by atoms with E-state index in [0.29, 0.717) is 18.9 Å². The minimum atomic E-state index is -0.105. The zero-order valence-corrected chi connectivity index (χ0v) is 19.8. The quantitative estimate of drug-likeness (QED) is 0.217. The second-order valence-corrected chi connectivity index (χ2v) is 7.27. The number of guanidine groups is 1. The van der Waals surface area contributed by atoms with E-state index in [-0.39, 0.29) is 29.9 Å². The van der Waals surface area contributed by atoms with Gasteiger partial charge in [-0.1, -0.05) is 6.07 Å². The largest absolute Gasteiger partial charge is 0.492 e. The fraction of sp³-hybridized carbons (Fsp3) is 0.421. The number of ether oxygens (including phenoxy) is 1. The fourth-order valence-electron chi connectivity index (χ4n) is 2.36. The van der Waals surface area contributed by atoms with Crippen molar-refractivity contribution in [3.63, 3.8) is 0 Å². The zero-order chi connectivity index (χ0) is 19.6. The number of halogens is 1. The minimum absolute atomic E-state index is 0. The van der Waals surface area contributed by atoms with Crippen LogP contribution >= 0.6 is 35.3 Å². The van der Waals surface area contributed by atoms with E-state index in [9.17, 15) is 4.79 Å². The molecule has 0 aliphatic rings. The molecule has 3 N–H and O–H groups in total. The van der Waals surface area contributed by atoms with Crippen molar-refractivity contribution < 1.29 is 9.53 Å². The van der Waals surface area contributed by atoms with Crippen molar-refractivity contribution in [1.82, 2.24) is 15.6 Å². The van der Waals surface area contributed by atoms with Crippen LogP contribution in [-0.4, -0.2) is 43.6 Å².